The van der Waals surface area contributed by atoms with Crippen LogP contribution in [0.2, 0.25) is 0 Å². The summed E-state index contributed by atoms with van der Waals surface area (Å²) in [6.45, 7) is 0.826. The lowest BCUT2D eigenvalue weighted by atomic mass is 9.54. The molecular formula is C32H41N5O6S. The normalized spacial score (nSPS) is 26.9. The minimum Gasteiger partial charge on any atom is -0.394 e. The lowest BCUT2D eigenvalue weighted by Crippen LogP contribution is -2.64. The van der Waals surface area contributed by atoms with E-state index >= 15 is 0 Å². The van der Waals surface area contributed by atoms with Gasteiger partial charge in [0.05, 0.1) is 12.6 Å². The maximum absolute atomic E-state index is 13.9. The van der Waals surface area contributed by atoms with Crippen LogP contribution in [0.15, 0.2) is 60.8 Å². The Hall–Kier alpha value is -3.45. The molecule has 1 heterocycles. The average molecular weight is 624 g/mol. The van der Waals surface area contributed by atoms with E-state index < -0.39 is 46.4 Å². The molecule has 1 aromatic heterocycles. The van der Waals surface area contributed by atoms with Gasteiger partial charge in [0.25, 0.3) is 0 Å². The quantitative estimate of drug-likeness (QED) is 0.173. The van der Waals surface area contributed by atoms with Gasteiger partial charge in [-0.2, -0.15) is 13.1 Å². The Morgan fingerprint density at radius 3 is 2.27 bits per heavy atom. The Morgan fingerprint density at radius 2 is 1.61 bits per heavy atom. The minimum atomic E-state index is -4.54. The first-order valence-electron chi connectivity index (χ1n) is 15.4. The molecule has 7 N–H and O–H groups in total. The zero-order chi connectivity index (χ0) is 31.1. The molecule has 3 aromatic rings. The molecule has 12 heteroatoms. The Labute approximate surface area is 257 Å². The van der Waals surface area contributed by atoms with Crippen LogP contribution in [0.25, 0.3) is 10.9 Å². The third-order valence-corrected chi connectivity index (χ3v) is 11.0. The number of carbonyl (C=O) groups is 2. The number of aromatic amines is 1. The fourth-order valence-electron chi connectivity index (χ4n) is 8.04. The summed E-state index contributed by atoms with van der Waals surface area (Å²) in [7, 11) is -4.54. The number of rotatable bonds is 11. The van der Waals surface area contributed by atoms with Crippen LogP contribution < -0.4 is 20.1 Å². The molecule has 4 fully saturated rings. The summed E-state index contributed by atoms with van der Waals surface area (Å²) in [5.41, 5.74) is 0.148. The zero-order valence-electron chi connectivity index (χ0n) is 24.7. The molecular weight excluding hydrogens is 582 g/mol. The zero-order valence-corrected chi connectivity index (χ0v) is 25.5. The van der Waals surface area contributed by atoms with Crippen molar-refractivity contribution < 1.29 is 28.2 Å². The molecule has 236 valence electrons. The van der Waals surface area contributed by atoms with Crippen LogP contribution in [-0.4, -0.2) is 59.8 Å². The summed E-state index contributed by atoms with van der Waals surface area (Å²) < 4.78 is 31.4. The number of fused-ring (bicyclic) bond motifs is 1. The van der Waals surface area contributed by atoms with E-state index in [1.54, 1.807) is 36.5 Å². The van der Waals surface area contributed by atoms with Crippen molar-refractivity contribution in [3.63, 3.8) is 0 Å². The number of aliphatic hydroxyl groups excluding tert-OH is 2. The van der Waals surface area contributed by atoms with Gasteiger partial charge in [-0.3, -0.25) is 4.79 Å². The predicted octanol–water partition coefficient (Wildman–Crippen LogP) is 2.64. The van der Waals surface area contributed by atoms with E-state index in [9.17, 15) is 28.2 Å². The molecule has 0 saturated heterocycles. The number of para-hydroxylation sites is 1. The fourth-order valence-corrected chi connectivity index (χ4v) is 9.15. The van der Waals surface area contributed by atoms with E-state index in [2.05, 4.69) is 25.1 Å². The molecule has 7 rings (SSSR count). The number of H-pyrrole nitrogens is 1. The number of hydrogen-bond acceptors (Lipinski definition) is 6. The molecule has 2 aromatic carbocycles. The highest BCUT2D eigenvalue weighted by atomic mass is 32.2. The molecule has 4 aliphatic rings. The number of amides is 3. The maximum Gasteiger partial charge on any atom is 0.329 e. The fraction of sp³-hybridized carbons (Fsp3) is 0.500. The molecule has 3 amide bonds. The van der Waals surface area contributed by atoms with Gasteiger partial charge in [0.2, 0.25) is 5.91 Å². The van der Waals surface area contributed by atoms with Crippen LogP contribution in [-0.2, 0) is 21.4 Å². The van der Waals surface area contributed by atoms with Gasteiger partial charge in [0.15, 0.2) is 0 Å². The van der Waals surface area contributed by atoms with Crippen LogP contribution in [0.3, 0.4) is 0 Å². The molecule has 0 aliphatic heterocycles. The molecule has 3 unspecified atom stereocenters. The van der Waals surface area contributed by atoms with E-state index in [-0.39, 0.29) is 12.5 Å². The Kier molecular flexibility index (Phi) is 8.44. The van der Waals surface area contributed by atoms with Gasteiger partial charge in [0.1, 0.15) is 11.6 Å². The van der Waals surface area contributed by atoms with Crippen LogP contribution in [0.5, 0.6) is 0 Å². The summed E-state index contributed by atoms with van der Waals surface area (Å²) in [4.78, 5) is 30.1. The molecule has 4 bridgehead atoms. The number of nitrogens with one attached hydrogen (secondary N) is 5. The van der Waals surface area contributed by atoms with Crippen LogP contribution in [0.4, 0.5) is 4.79 Å². The Morgan fingerprint density at radius 1 is 0.977 bits per heavy atom. The number of hydrogen-bond donors (Lipinski definition) is 7. The van der Waals surface area contributed by atoms with Gasteiger partial charge in [-0.25, -0.2) is 9.52 Å². The third-order valence-electron chi connectivity index (χ3n) is 9.87. The van der Waals surface area contributed by atoms with Crippen molar-refractivity contribution in [2.45, 2.75) is 69.2 Å². The average Bonchev–Trinajstić information content (AvgIpc) is 3.39. The van der Waals surface area contributed by atoms with Gasteiger partial charge in [0, 0.05) is 29.6 Å². The molecule has 4 aliphatic carbocycles. The molecule has 4 saturated carbocycles. The van der Waals surface area contributed by atoms with Crippen molar-refractivity contribution in [2.24, 2.45) is 23.7 Å². The highest BCUT2D eigenvalue weighted by Gasteiger charge is 2.49. The summed E-state index contributed by atoms with van der Waals surface area (Å²) in [6, 6.07) is 14.0. The van der Waals surface area contributed by atoms with Crippen molar-refractivity contribution in [1.29, 1.82) is 0 Å². The van der Waals surface area contributed by atoms with Gasteiger partial charge < -0.3 is 25.8 Å². The first kappa shape index (κ1) is 30.6. The number of aromatic nitrogens is 1. The molecule has 0 spiro atoms. The van der Waals surface area contributed by atoms with E-state index in [1.807, 2.05) is 24.3 Å². The predicted molar refractivity (Wildman–Crippen MR) is 165 cm³/mol. The number of carbonyl (C=O) groups excluding carboxylic acids is 2. The molecule has 0 radical (unpaired) electrons. The van der Waals surface area contributed by atoms with Crippen LogP contribution >= 0.6 is 0 Å². The third kappa shape index (κ3) is 6.35. The van der Waals surface area contributed by atoms with Crippen molar-refractivity contribution in [3.05, 3.63) is 71.9 Å². The minimum absolute atomic E-state index is 0.0660. The summed E-state index contributed by atoms with van der Waals surface area (Å²) in [6.07, 6.45) is 5.89. The van der Waals surface area contributed by atoms with Gasteiger partial charge in [-0.1, -0.05) is 48.5 Å². The van der Waals surface area contributed by atoms with E-state index in [0.717, 1.165) is 36.6 Å². The highest BCUT2D eigenvalue weighted by molar-refractivity contribution is 7.88. The summed E-state index contributed by atoms with van der Waals surface area (Å²) >= 11 is 0. The van der Waals surface area contributed by atoms with Crippen molar-refractivity contribution in [3.8, 4) is 0 Å². The monoisotopic (exact) mass is 623 g/mol. The van der Waals surface area contributed by atoms with Crippen LogP contribution in [0, 0.1) is 23.7 Å². The number of benzene rings is 2. The number of urea groups is 1. The summed E-state index contributed by atoms with van der Waals surface area (Å²) in [5, 5.41) is 27.4. The topological polar surface area (TPSA) is 173 Å². The van der Waals surface area contributed by atoms with Gasteiger partial charge >= 0.3 is 16.2 Å². The SMILES string of the molecule is CC(Cc1c[nH]c2ccccc12)(NS(=O)(=O)NC(=O)NC1C2CC3CC(C2)CC1C3)C(=O)NC(CO)C(O)c1ccccc1. The molecule has 44 heavy (non-hydrogen) atoms. The van der Waals surface area contributed by atoms with Gasteiger partial charge in [-0.15, -0.1) is 0 Å². The summed E-state index contributed by atoms with van der Waals surface area (Å²) in [5.74, 6) is 1.35. The second-order valence-corrected chi connectivity index (χ2v) is 14.5. The lowest BCUT2D eigenvalue weighted by Gasteiger charge is -2.54. The first-order chi connectivity index (χ1) is 21.0. The number of aliphatic hydroxyl groups is 2. The molecule has 3 atom stereocenters. The maximum atomic E-state index is 13.9. The van der Waals surface area contributed by atoms with Gasteiger partial charge in [-0.05, 0) is 79.9 Å². The van der Waals surface area contributed by atoms with E-state index in [0.29, 0.717) is 34.8 Å². The Balaban J connectivity index is 1.20. The van der Waals surface area contributed by atoms with Crippen LogP contribution in [0.1, 0.15) is 56.3 Å². The smallest absolute Gasteiger partial charge is 0.329 e. The first-order valence-corrected chi connectivity index (χ1v) is 16.8. The lowest BCUT2D eigenvalue weighted by molar-refractivity contribution is -0.128. The van der Waals surface area contributed by atoms with E-state index in [4.69, 9.17) is 0 Å². The van der Waals surface area contributed by atoms with Crippen molar-refractivity contribution in [1.82, 2.24) is 25.1 Å². The largest absolute Gasteiger partial charge is 0.394 e. The second kappa shape index (κ2) is 12.2. The molecule has 11 nitrogen and oxygen atoms in total. The van der Waals surface area contributed by atoms with Crippen molar-refractivity contribution in [2.75, 3.05) is 6.61 Å². The highest BCUT2D eigenvalue weighted by Crippen LogP contribution is 2.53. The van der Waals surface area contributed by atoms with E-state index in [1.165, 1.54) is 13.3 Å². The van der Waals surface area contributed by atoms with Crippen molar-refractivity contribution >= 4 is 33.1 Å². The second-order valence-electron chi connectivity index (χ2n) is 13.1. The standard InChI is InChI=1S/C32H41N5O6S/c1-32(16-24-17-33-26-10-6-5-9-25(24)26,30(40)34-27(18-38)29(39)21-7-3-2-4-8-21)37-44(42,43)36-31(41)35-28-22-12-19-11-20(14-22)15-23(28)13-19/h2-10,17,19-20,22-23,27-29,33,37-39H,11-16,18H2,1H3,(H,34,40)(H2,35,36,41). The Bertz CT molecular complexity index is 1580.